The van der Waals surface area contributed by atoms with Gasteiger partial charge in [0.25, 0.3) is 5.91 Å². The minimum Gasteiger partial charge on any atom is -0.493 e. The summed E-state index contributed by atoms with van der Waals surface area (Å²) in [5.41, 5.74) is 3.58. The number of likely N-dealkylation sites (N-methyl/N-ethyl adjacent to an activating group) is 2. The molecule has 0 saturated carbocycles. The van der Waals surface area contributed by atoms with Gasteiger partial charge in [-0.25, -0.2) is 14.4 Å². The quantitative estimate of drug-likeness (QED) is 0.632. The first-order valence-electron chi connectivity index (χ1n) is 11.8. The number of piperazine rings is 1. The molecule has 3 aliphatic rings. The zero-order valence-corrected chi connectivity index (χ0v) is 19.4. The van der Waals surface area contributed by atoms with Gasteiger partial charge in [-0.2, -0.15) is 0 Å². The van der Waals surface area contributed by atoms with E-state index in [9.17, 15) is 9.18 Å². The Morgan fingerprint density at radius 1 is 1.24 bits per heavy atom. The molecule has 0 unspecified atom stereocenters. The molecule has 1 amide bonds. The summed E-state index contributed by atoms with van der Waals surface area (Å²) in [5, 5.41) is 3.28. The number of nitrogens with zero attached hydrogens (tertiary/aromatic N) is 6. The second-order valence-corrected chi connectivity index (χ2v) is 9.19. The lowest BCUT2D eigenvalue weighted by Gasteiger charge is -2.44. The molecule has 178 valence electrons. The SMILES string of the molecule is CCN1C[C@H]2CN(C)CCN2c2cnc(NCc3c(F)ccc4c3CCO4)n3cnc(c23)C1=O. The highest BCUT2D eigenvalue weighted by molar-refractivity contribution is 6.03. The van der Waals surface area contributed by atoms with Gasteiger partial charge in [0.15, 0.2) is 5.69 Å². The molecule has 34 heavy (non-hydrogen) atoms. The van der Waals surface area contributed by atoms with Crippen LogP contribution in [0.1, 0.15) is 28.5 Å². The van der Waals surface area contributed by atoms with Crippen molar-refractivity contribution >= 4 is 23.1 Å². The fourth-order valence-electron chi connectivity index (χ4n) is 5.41. The largest absolute Gasteiger partial charge is 0.493 e. The molecule has 2 aromatic heterocycles. The number of benzene rings is 1. The van der Waals surface area contributed by atoms with E-state index in [0.29, 0.717) is 43.3 Å². The van der Waals surface area contributed by atoms with Crippen LogP contribution in [0.15, 0.2) is 24.7 Å². The van der Waals surface area contributed by atoms with Crippen molar-refractivity contribution in [2.75, 3.05) is 56.6 Å². The minimum absolute atomic E-state index is 0.0691. The first-order chi connectivity index (χ1) is 16.5. The zero-order valence-electron chi connectivity index (χ0n) is 19.4. The lowest BCUT2D eigenvalue weighted by atomic mass is 10.0. The molecule has 1 atom stereocenters. The average Bonchev–Trinajstić information content (AvgIpc) is 3.49. The Kier molecular flexibility index (Phi) is 5.05. The predicted molar refractivity (Wildman–Crippen MR) is 126 cm³/mol. The monoisotopic (exact) mass is 465 g/mol. The van der Waals surface area contributed by atoms with Gasteiger partial charge in [0.2, 0.25) is 5.95 Å². The molecule has 10 heteroatoms. The van der Waals surface area contributed by atoms with Gasteiger partial charge in [-0.1, -0.05) is 0 Å². The highest BCUT2D eigenvalue weighted by Gasteiger charge is 2.35. The molecule has 5 heterocycles. The van der Waals surface area contributed by atoms with E-state index in [1.165, 1.54) is 6.07 Å². The van der Waals surface area contributed by atoms with Gasteiger partial charge >= 0.3 is 0 Å². The van der Waals surface area contributed by atoms with E-state index >= 15 is 0 Å². The van der Waals surface area contributed by atoms with Gasteiger partial charge in [-0.15, -0.1) is 0 Å². The number of carbonyl (C=O) groups excluding carboxylic acids is 1. The number of carbonyl (C=O) groups is 1. The van der Waals surface area contributed by atoms with Crippen LogP contribution < -0.4 is 15.0 Å². The number of nitrogens with one attached hydrogen (secondary N) is 1. The smallest absolute Gasteiger partial charge is 0.274 e. The molecular formula is C24H28FN7O2. The number of ether oxygens (including phenoxy) is 1. The lowest BCUT2D eigenvalue weighted by Crippen LogP contribution is -2.57. The number of anilines is 2. The molecule has 6 rings (SSSR count). The molecule has 1 saturated heterocycles. The standard InChI is InChI=1S/C24H28FN7O2/c1-3-30-13-15-12-29(2)7-8-31(15)19-11-27-24(32-14-28-21(22(19)32)23(30)33)26-10-17-16-6-9-34-20(16)5-4-18(17)25/h4-5,11,14-15H,3,6-10,12-13H2,1-2H3,(H,26,27)/t15-/m1/s1. The summed E-state index contributed by atoms with van der Waals surface area (Å²) >= 11 is 0. The van der Waals surface area contributed by atoms with Gasteiger partial charge in [0.05, 0.1) is 24.5 Å². The first kappa shape index (κ1) is 21.2. The lowest BCUT2D eigenvalue weighted by molar-refractivity contribution is 0.0733. The maximum absolute atomic E-state index is 14.6. The first-order valence-corrected chi connectivity index (χ1v) is 11.8. The molecule has 3 aliphatic heterocycles. The molecule has 0 radical (unpaired) electrons. The Morgan fingerprint density at radius 3 is 2.97 bits per heavy atom. The van der Waals surface area contributed by atoms with Crippen LogP contribution in [0.3, 0.4) is 0 Å². The number of rotatable bonds is 4. The Morgan fingerprint density at radius 2 is 2.12 bits per heavy atom. The maximum Gasteiger partial charge on any atom is 0.274 e. The molecule has 1 fully saturated rings. The van der Waals surface area contributed by atoms with Crippen LogP contribution in [0.4, 0.5) is 16.0 Å². The van der Waals surface area contributed by atoms with Gasteiger partial charge in [0, 0.05) is 56.8 Å². The summed E-state index contributed by atoms with van der Waals surface area (Å²) in [6.45, 7) is 6.77. The van der Waals surface area contributed by atoms with E-state index in [1.807, 2.05) is 22.4 Å². The normalized spacial score (nSPS) is 20.1. The second kappa shape index (κ2) is 8.12. The van der Waals surface area contributed by atoms with E-state index in [-0.39, 0.29) is 24.3 Å². The third-order valence-corrected chi connectivity index (χ3v) is 7.21. The van der Waals surface area contributed by atoms with Crippen molar-refractivity contribution in [3.05, 3.63) is 47.3 Å². The van der Waals surface area contributed by atoms with Crippen molar-refractivity contribution < 1.29 is 13.9 Å². The molecule has 0 spiro atoms. The molecule has 9 nitrogen and oxygen atoms in total. The van der Waals surface area contributed by atoms with Crippen molar-refractivity contribution in [2.24, 2.45) is 0 Å². The van der Waals surface area contributed by atoms with E-state index in [2.05, 4.69) is 32.1 Å². The van der Waals surface area contributed by atoms with Crippen LogP contribution in [0.2, 0.25) is 0 Å². The highest BCUT2D eigenvalue weighted by atomic mass is 19.1. The number of hydrogen-bond donors (Lipinski definition) is 1. The summed E-state index contributed by atoms with van der Waals surface area (Å²) in [4.78, 5) is 29.1. The van der Waals surface area contributed by atoms with E-state index in [0.717, 1.165) is 42.2 Å². The van der Waals surface area contributed by atoms with Crippen LogP contribution in [-0.4, -0.2) is 82.5 Å². The summed E-state index contributed by atoms with van der Waals surface area (Å²) in [7, 11) is 2.11. The van der Waals surface area contributed by atoms with Crippen molar-refractivity contribution in [2.45, 2.75) is 25.9 Å². The number of halogens is 1. The van der Waals surface area contributed by atoms with Crippen molar-refractivity contribution in [1.82, 2.24) is 24.2 Å². The van der Waals surface area contributed by atoms with E-state index in [1.54, 1.807) is 12.4 Å². The van der Waals surface area contributed by atoms with Crippen LogP contribution in [0, 0.1) is 5.82 Å². The third-order valence-electron chi connectivity index (χ3n) is 7.21. The highest BCUT2D eigenvalue weighted by Crippen LogP contribution is 2.33. The summed E-state index contributed by atoms with van der Waals surface area (Å²) in [6.07, 6.45) is 4.15. The molecule has 0 bridgehead atoms. The second-order valence-electron chi connectivity index (χ2n) is 9.19. The fourth-order valence-corrected chi connectivity index (χ4v) is 5.41. The summed E-state index contributed by atoms with van der Waals surface area (Å²) < 4.78 is 22.1. The Hall–Kier alpha value is -3.40. The summed E-state index contributed by atoms with van der Waals surface area (Å²) in [5.74, 6) is 0.931. The van der Waals surface area contributed by atoms with Gasteiger partial charge in [-0.3, -0.25) is 9.20 Å². The number of amides is 1. The van der Waals surface area contributed by atoms with Crippen LogP contribution in [-0.2, 0) is 13.0 Å². The van der Waals surface area contributed by atoms with Crippen molar-refractivity contribution in [3.8, 4) is 5.75 Å². The predicted octanol–water partition coefficient (Wildman–Crippen LogP) is 2.01. The third kappa shape index (κ3) is 3.27. The van der Waals surface area contributed by atoms with Crippen LogP contribution >= 0.6 is 0 Å². The van der Waals surface area contributed by atoms with E-state index in [4.69, 9.17) is 4.74 Å². The van der Waals surface area contributed by atoms with Crippen LogP contribution in [0.25, 0.3) is 5.52 Å². The number of aromatic nitrogens is 3. The van der Waals surface area contributed by atoms with Gasteiger partial charge in [-0.05, 0) is 26.1 Å². The Labute approximate surface area is 197 Å². The van der Waals surface area contributed by atoms with Crippen molar-refractivity contribution in [1.29, 1.82) is 0 Å². The molecule has 1 N–H and O–H groups in total. The van der Waals surface area contributed by atoms with Gasteiger partial charge in [0.1, 0.15) is 23.4 Å². The molecule has 1 aromatic carbocycles. The average molecular weight is 466 g/mol. The van der Waals surface area contributed by atoms with Gasteiger partial charge < -0.3 is 24.8 Å². The Bertz CT molecular complexity index is 1280. The maximum atomic E-state index is 14.6. The number of fused-ring (bicyclic) bond motifs is 3. The molecule has 3 aromatic rings. The summed E-state index contributed by atoms with van der Waals surface area (Å²) in [6, 6.07) is 3.31. The van der Waals surface area contributed by atoms with E-state index < -0.39 is 0 Å². The van der Waals surface area contributed by atoms with Crippen LogP contribution in [0.5, 0.6) is 5.75 Å². The zero-order chi connectivity index (χ0) is 23.4. The number of imidazole rings is 1. The minimum atomic E-state index is -0.264. The van der Waals surface area contributed by atoms with Crippen molar-refractivity contribution in [3.63, 3.8) is 0 Å². The topological polar surface area (TPSA) is 78.2 Å². The molecular weight excluding hydrogens is 437 g/mol. The Balaban J connectivity index is 1.41. The molecule has 0 aliphatic carbocycles. The number of hydrogen-bond acceptors (Lipinski definition) is 7. The fraction of sp³-hybridized carbons (Fsp3) is 0.458.